The molecule has 8 heteroatoms. The molecule has 2 aromatic carbocycles. The van der Waals surface area contributed by atoms with Gasteiger partial charge < -0.3 is 0 Å². The monoisotopic (exact) mass is 609 g/mol. The number of hydrogen-bond acceptors (Lipinski definition) is 4. The van der Waals surface area contributed by atoms with Crippen LogP contribution in [0.4, 0.5) is 0 Å². The quantitative estimate of drug-likeness (QED) is 0.427. The molecule has 0 fully saturated rings. The van der Waals surface area contributed by atoms with E-state index < -0.39 is 35.1 Å². The average molecular weight is 609 g/mol. The number of carbonyl (C=O) groups is 1. The van der Waals surface area contributed by atoms with Crippen LogP contribution in [-0.2, 0) is 42.5 Å². The molecular weight excluding hydrogens is 595 g/mol. The van der Waals surface area contributed by atoms with E-state index in [1.54, 1.807) is 36.5 Å². The van der Waals surface area contributed by atoms with Crippen LogP contribution in [0.25, 0.3) is 10.9 Å². The number of benzene rings is 2. The fourth-order valence-electron chi connectivity index (χ4n) is 2.56. The van der Waals surface area contributed by atoms with Gasteiger partial charge in [0.1, 0.15) is 0 Å². The number of hydrogen-bond donors (Lipinski definition) is 0. The van der Waals surface area contributed by atoms with Crippen molar-refractivity contribution in [3.63, 3.8) is 0 Å². The molecule has 3 aromatic rings. The third-order valence-electron chi connectivity index (χ3n) is 3.82. The van der Waals surface area contributed by atoms with Gasteiger partial charge in [-0.05, 0) is 0 Å². The standard InChI is InChI=1S/C15H11BrNO2S.C2H4O2.Hg/c1-11-2-6-14(7-3-11)20(18,19)17-9-8-12-4-5-13(16)10-15(12)17;1-2(3)4;/h2-7,9-10H,1H3;1H3,(H,3,4);/q;;+1/p-1. The van der Waals surface area contributed by atoms with Gasteiger partial charge in [0.15, 0.2) is 0 Å². The van der Waals surface area contributed by atoms with Gasteiger partial charge in [-0.15, -0.1) is 0 Å². The van der Waals surface area contributed by atoms with Crippen molar-refractivity contribution in [1.82, 2.24) is 3.97 Å². The second kappa shape index (κ2) is 7.21. The Bertz CT molecular complexity index is 1060. The Morgan fingerprint density at radius 1 is 1.16 bits per heavy atom. The van der Waals surface area contributed by atoms with E-state index >= 15 is 0 Å². The van der Waals surface area contributed by atoms with E-state index in [0.717, 1.165) is 18.5 Å². The van der Waals surface area contributed by atoms with Gasteiger partial charge in [-0.25, -0.2) is 0 Å². The fraction of sp³-hybridized carbons (Fsp3) is 0.118. The summed E-state index contributed by atoms with van der Waals surface area (Å²) in [5, 5.41) is 0.821. The predicted octanol–water partition coefficient (Wildman–Crippen LogP) is 3.14. The molecule has 0 atom stereocenters. The van der Waals surface area contributed by atoms with E-state index in [-0.39, 0.29) is 10.9 Å². The summed E-state index contributed by atoms with van der Waals surface area (Å²) in [6.45, 7) is 3.28. The Hall–Kier alpha value is -1.18. The summed E-state index contributed by atoms with van der Waals surface area (Å²) in [5.41, 5.74) is 1.57. The Morgan fingerprint density at radius 2 is 1.84 bits per heavy atom. The number of rotatable bonds is 4. The molecule has 0 saturated heterocycles. The summed E-state index contributed by atoms with van der Waals surface area (Å²) in [6, 6.07) is 12.2. The topological polar surface area (TPSA) is 65.4 Å². The van der Waals surface area contributed by atoms with Gasteiger partial charge in [0.25, 0.3) is 0 Å². The molecule has 5 nitrogen and oxygen atoms in total. The van der Waals surface area contributed by atoms with E-state index in [9.17, 15) is 13.2 Å². The van der Waals surface area contributed by atoms with Crippen molar-refractivity contribution in [1.29, 1.82) is 0 Å². The molecule has 0 N–H and O–H groups in total. The minimum absolute atomic E-state index is 0.227. The van der Waals surface area contributed by atoms with Crippen molar-refractivity contribution < 1.29 is 40.9 Å². The molecule has 1 heterocycles. The second-order valence-corrected chi connectivity index (χ2v) is 13.6. The van der Waals surface area contributed by atoms with Crippen molar-refractivity contribution in [2.45, 2.75) is 18.7 Å². The number of aryl methyl sites for hydroxylation is 1. The van der Waals surface area contributed by atoms with Gasteiger partial charge in [0.05, 0.1) is 0 Å². The first-order valence-electron chi connectivity index (χ1n) is 7.54. The van der Waals surface area contributed by atoms with Crippen molar-refractivity contribution in [3.8, 4) is 0 Å². The van der Waals surface area contributed by atoms with Gasteiger partial charge in [-0.2, -0.15) is 0 Å². The maximum absolute atomic E-state index is 13.1. The summed E-state index contributed by atoms with van der Waals surface area (Å²) in [6.07, 6.45) is 1.61. The van der Waals surface area contributed by atoms with Gasteiger partial charge >= 0.3 is 168 Å². The minimum atomic E-state index is -3.73. The Balaban J connectivity index is 2.19. The van der Waals surface area contributed by atoms with Gasteiger partial charge in [0.2, 0.25) is 0 Å². The molecule has 25 heavy (non-hydrogen) atoms. The SMILES string of the molecule is CC(=O)[O][Hg][c]1cn(S(=O)(=O)c2ccc(C)cc2)c2cc(Br)ccc12. The van der Waals surface area contributed by atoms with Crippen molar-refractivity contribution in [3.05, 3.63) is 58.7 Å². The normalized spacial score (nSPS) is 11.3. The third-order valence-corrected chi connectivity index (χ3v) is 11.5. The van der Waals surface area contributed by atoms with E-state index in [4.69, 9.17) is 2.64 Å². The van der Waals surface area contributed by atoms with Crippen LogP contribution >= 0.6 is 15.9 Å². The Labute approximate surface area is 167 Å². The molecule has 3 rings (SSSR count). The van der Waals surface area contributed by atoms with Crippen LogP contribution in [-0.4, -0.2) is 18.4 Å². The maximum atomic E-state index is 13.1. The zero-order valence-corrected chi connectivity index (χ0v) is 21.6. The molecule has 0 unspecified atom stereocenters. The first kappa shape index (κ1) is 18.6. The van der Waals surface area contributed by atoms with Crippen molar-refractivity contribution in [2.75, 3.05) is 0 Å². The van der Waals surface area contributed by atoms with Gasteiger partial charge in [-0.3, -0.25) is 0 Å². The van der Waals surface area contributed by atoms with Gasteiger partial charge in [-0.1, -0.05) is 0 Å². The molecule has 0 aliphatic carbocycles. The molecule has 0 bridgehead atoms. The van der Waals surface area contributed by atoms with Crippen LogP contribution < -0.4 is 3.07 Å². The third kappa shape index (κ3) is 3.83. The van der Waals surface area contributed by atoms with E-state index in [1.165, 1.54) is 10.9 Å². The summed E-state index contributed by atoms with van der Waals surface area (Å²) >= 11 is 1.20. The number of nitrogens with zero attached hydrogens (tertiary/aromatic N) is 1. The number of halogens is 1. The Morgan fingerprint density at radius 3 is 2.48 bits per heavy atom. The van der Waals surface area contributed by atoms with Crippen LogP contribution in [0.3, 0.4) is 0 Å². The van der Waals surface area contributed by atoms with Crippen LogP contribution in [0.1, 0.15) is 12.5 Å². The van der Waals surface area contributed by atoms with E-state index in [0.29, 0.717) is 5.52 Å². The predicted molar refractivity (Wildman–Crippen MR) is 94.8 cm³/mol. The van der Waals surface area contributed by atoms with Gasteiger partial charge in [0, 0.05) is 0 Å². The Kier molecular flexibility index (Phi) is 5.36. The number of fused-ring (bicyclic) bond motifs is 1. The van der Waals surface area contributed by atoms with Crippen LogP contribution in [0.5, 0.6) is 0 Å². The molecule has 0 spiro atoms. The van der Waals surface area contributed by atoms with Crippen LogP contribution in [0, 0.1) is 6.92 Å². The first-order chi connectivity index (χ1) is 11.8. The molecule has 0 aliphatic rings. The van der Waals surface area contributed by atoms with Crippen molar-refractivity contribution >= 4 is 45.9 Å². The number of carbonyl (C=O) groups excluding carboxylic acids is 1. The van der Waals surface area contributed by atoms with Crippen LogP contribution in [0.15, 0.2) is 58.0 Å². The summed E-state index contributed by atoms with van der Waals surface area (Å²) in [5.74, 6) is -0.318. The molecular formula is C17H14BrHgNO4S. The molecule has 0 radical (unpaired) electrons. The molecule has 0 aliphatic heterocycles. The zero-order valence-electron chi connectivity index (χ0n) is 13.7. The zero-order chi connectivity index (χ0) is 18.2. The first-order valence-corrected chi connectivity index (χ1v) is 14.8. The average Bonchev–Trinajstić information content (AvgIpc) is 2.92. The summed E-state index contributed by atoms with van der Waals surface area (Å²) < 4.78 is 34.4. The molecule has 126 valence electrons. The van der Waals surface area contributed by atoms with Crippen LogP contribution in [0.2, 0.25) is 0 Å². The van der Waals surface area contributed by atoms with E-state index in [1.807, 2.05) is 19.1 Å². The molecule has 0 saturated carbocycles. The summed E-state index contributed by atoms with van der Waals surface area (Å²) in [4.78, 5) is 11.4. The molecule has 0 amide bonds. The van der Waals surface area contributed by atoms with Crippen molar-refractivity contribution in [2.24, 2.45) is 0 Å². The second-order valence-electron chi connectivity index (χ2n) is 5.71. The number of aromatic nitrogens is 1. The summed E-state index contributed by atoms with van der Waals surface area (Å²) in [7, 11) is -3.73. The van der Waals surface area contributed by atoms with E-state index in [2.05, 4.69) is 15.9 Å². The molecule has 1 aromatic heterocycles. The fourth-order valence-corrected chi connectivity index (χ4v) is 8.96.